The molecule has 0 saturated heterocycles. The van der Waals surface area contributed by atoms with Crippen molar-refractivity contribution in [2.24, 2.45) is 5.10 Å². The average molecular weight is 342 g/mol. The average Bonchev–Trinajstić information content (AvgIpc) is 2.63. The maximum atomic E-state index is 11.4. The van der Waals surface area contributed by atoms with Crippen LogP contribution in [0.5, 0.6) is 11.5 Å². The lowest BCUT2D eigenvalue weighted by Gasteiger charge is -2.13. The molecule has 0 aliphatic carbocycles. The lowest BCUT2D eigenvalue weighted by molar-refractivity contribution is -0.143. The molecule has 0 amide bonds. The van der Waals surface area contributed by atoms with Gasteiger partial charge in [-0.2, -0.15) is 5.10 Å². The van der Waals surface area contributed by atoms with Crippen LogP contribution in [0.15, 0.2) is 53.6 Å². The second kappa shape index (κ2) is 9.97. The standard InChI is InChI=1S/C19H22N2O4/c1-3-24-18(22)12-13-25-19-15(8-7-11-17(19)23-2)14-20-21-16-9-5-4-6-10-16/h4-11,14,21H,3,12-13H2,1-2H3. The van der Waals surface area contributed by atoms with E-state index in [0.29, 0.717) is 18.1 Å². The first-order chi connectivity index (χ1) is 12.2. The Labute approximate surface area is 147 Å². The number of esters is 1. The second-order valence-electron chi connectivity index (χ2n) is 5.02. The number of nitrogens with one attached hydrogen (secondary N) is 1. The van der Waals surface area contributed by atoms with Gasteiger partial charge >= 0.3 is 5.97 Å². The Hall–Kier alpha value is -3.02. The van der Waals surface area contributed by atoms with E-state index in [9.17, 15) is 4.79 Å². The molecule has 6 nitrogen and oxygen atoms in total. The highest BCUT2D eigenvalue weighted by Gasteiger charge is 2.10. The van der Waals surface area contributed by atoms with Crippen molar-refractivity contribution >= 4 is 17.9 Å². The van der Waals surface area contributed by atoms with Crippen molar-refractivity contribution < 1.29 is 19.0 Å². The molecule has 25 heavy (non-hydrogen) atoms. The largest absolute Gasteiger partial charge is 0.493 e. The van der Waals surface area contributed by atoms with E-state index in [2.05, 4.69) is 10.5 Å². The maximum absolute atomic E-state index is 11.4. The van der Waals surface area contributed by atoms with Crippen LogP contribution >= 0.6 is 0 Å². The van der Waals surface area contributed by atoms with Gasteiger partial charge in [0.1, 0.15) is 0 Å². The van der Waals surface area contributed by atoms with Crippen molar-refractivity contribution in [2.45, 2.75) is 13.3 Å². The van der Waals surface area contributed by atoms with E-state index < -0.39 is 0 Å². The van der Waals surface area contributed by atoms with Crippen molar-refractivity contribution in [1.29, 1.82) is 0 Å². The molecule has 0 heterocycles. The molecule has 0 radical (unpaired) electrons. The number of para-hydroxylation sites is 2. The second-order valence-corrected chi connectivity index (χ2v) is 5.02. The van der Waals surface area contributed by atoms with Crippen molar-refractivity contribution in [3.8, 4) is 11.5 Å². The van der Waals surface area contributed by atoms with Crippen LogP contribution in [0.1, 0.15) is 18.9 Å². The maximum Gasteiger partial charge on any atom is 0.309 e. The summed E-state index contributed by atoms with van der Waals surface area (Å²) in [6, 6.07) is 15.1. The minimum atomic E-state index is -0.293. The number of carbonyl (C=O) groups excluding carboxylic acids is 1. The fourth-order valence-electron chi connectivity index (χ4n) is 2.11. The molecule has 2 aromatic carbocycles. The summed E-state index contributed by atoms with van der Waals surface area (Å²) >= 11 is 0. The summed E-state index contributed by atoms with van der Waals surface area (Å²) in [5.41, 5.74) is 4.57. The van der Waals surface area contributed by atoms with Gasteiger partial charge in [-0.1, -0.05) is 24.3 Å². The topological polar surface area (TPSA) is 69.2 Å². The Kier molecular flexibility index (Phi) is 7.31. The van der Waals surface area contributed by atoms with Crippen LogP contribution in [-0.2, 0) is 9.53 Å². The van der Waals surface area contributed by atoms with Gasteiger partial charge in [-0.25, -0.2) is 0 Å². The highest BCUT2D eigenvalue weighted by molar-refractivity contribution is 5.85. The fourth-order valence-corrected chi connectivity index (χ4v) is 2.11. The lowest BCUT2D eigenvalue weighted by atomic mass is 10.2. The number of ether oxygens (including phenoxy) is 3. The summed E-state index contributed by atoms with van der Waals surface area (Å²) in [6.45, 7) is 2.33. The number of hydrogen-bond acceptors (Lipinski definition) is 6. The monoisotopic (exact) mass is 342 g/mol. The molecular weight excluding hydrogens is 320 g/mol. The molecule has 0 fully saturated rings. The number of rotatable bonds is 9. The number of benzene rings is 2. The molecular formula is C19H22N2O4. The van der Waals surface area contributed by atoms with Crippen LogP contribution in [0.2, 0.25) is 0 Å². The number of methoxy groups -OCH3 is 1. The minimum Gasteiger partial charge on any atom is -0.493 e. The van der Waals surface area contributed by atoms with Gasteiger partial charge in [-0.05, 0) is 31.2 Å². The molecule has 1 N–H and O–H groups in total. The summed E-state index contributed by atoms with van der Waals surface area (Å²) < 4.78 is 16.0. The van der Waals surface area contributed by atoms with Crippen molar-refractivity contribution in [3.63, 3.8) is 0 Å². The van der Waals surface area contributed by atoms with E-state index in [1.807, 2.05) is 42.5 Å². The Balaban J connectivity index is 2.05. The summed E-state index contributed by atoms with van der Waals surface area (Å²) in [6.07, 6.45) is 1.82. The Bertz CT molecular complexity index is 702. The van der Waals surface area contributed by atoms with E-state index >= 15 is 0 Å². The van der Waals surface area contributed by atoms with Gasteiger partial charge in [0.15, 0.2) is 11.5 Å². The van der Waals surface area contributed by atoms with Gasteiger partial charge < -0.3 is 14.2 Å². The SMILES string of the molecule is CCOC(=O)CCOc1c(C=NNc2ccccc2)cccc1OC. The molecule has 2 aromatic rings. The molecule has 6 heteroatoms. The molecule has 0 bridgehead atoms. The third-order valence-electron chi connectivity index (χ3n) is 3.26. The van der Waals surface area contributed by atoms with Gasteiger partial charge in [-0.3, -0.25) is 10.2 Å². The molecule has 0 aromatic heterocycles. The summed E-state index contributed by atoms with van der Waals surface area (Å²) in [4.78, 5) is 11.4. The first-order valence-corrected chi connectivity index (χ1v) is 8.04. The number of hydrogen-bond donors (Lipinski definition) is 1. The van der Waals surface area contributed by atoms with Crippen LogP contribution in [0, 0.1) is 0 Å². The molecule has 0 saturated carbocycles. The van der Waals surface area contributed by atoms with Gasteiger partial charge in [0.25, 0.3) is 0 Å². The number of hydrazone groups is 1. The van der Waals surface area contributed by atoms with Gasteiger partial charge in [0, 0.05) is 5.56 Å². The fraction of sp³-hybridized carbons (Fsp3) is 0.263. The zero-order chi connectivity index (χ0) is 17.9. The van der Waals surface area contributed by atoms with Crippen molar-refractivity contribution in [3.05, 3.63) is 54.1 Å². The van der Waals surface area contributed by atoms with Gasteiger partial charge in [0.2, 0.25) is 0 Å². The Morgan fingerprint density at radius 3 is 2.68 bits per heavy atom. The lowest BCUT2D eigenvalue weighted by Crippen LogP contribution is -2.10. The third-order valence-corrected chi connectivity index (χ3v) is 3.26. The summed E-state index contributed by atoms with van der Waals surface area (Å²) in [5, 5.41) is 4.22. The first-order valence-electron chi connectivity index (χ1n) is 8.04. The van der Waals surface area contributed by atoms with E-state index in [0.717, 1.165) is 11.3 Å². The zero-order valence-electron chi connectivity index (χ0n) is 14.4. The molecule has 132 valence electrons. The highest BCUT2D eigenvalue weighted by Crippen LogP contribution is 2.30. The molecule has 0 aliphatic rings. The van der Waals surface area contributed by atoms with Crippen molar-refractivity contribution in [1.82, 2.24) is 0 Å². The van der Waals surface area contributed by atoms with E-state index in [-0.39, 0.29) is 19.0 Å². The Morgan fingerprint density at radius 1 is 1.16 bits per heavy atom. The predicted octanol–water partition coefficient (Wildman–Crippen LogP) is 3.47. The van der Waals surface area contributed by atoms with E-state index in [1.165, 1.54) is 0 Å². The van der Waals surface area contributed by atoms with Gasteiger partial charge in [0.05, 0.1) is 38.6 Å². The number of anilines is 1. The van der Waals surface area contributed by atoms with Crippen molar-refractivity contribution in [2.75, 3.05) is 25.7 Å². The van der Waals surface area contributed by atoms with E-state index in [4.69, 9.17) is 14.2 Å². The molecule has 0 aliphatic heterocycles. The smallest absolute Gasteiger partial charge is 0.309 e. The van der Waals surface area contributed by atoms with Crippen LogP contribution in [0.3, 0.4) is 0 Å². The molecule has 0 atom stereocenters. The van der Waals surface area contributed by atoms with Crippen LogP contribution in [-0.4, -0.2) is 32.5 Å². The minimum absolute atomic E-state index is 0.171. The van der Waals surface area contributed by atoms with Crippen LogP contribution < -0.4 is 14.9 Å². The predicted molar refractivity (Wildman–Crippen MR) is 97.4 cm³/mol. The van der Waals surface area contributed by atoms with Crippen LogP contribution in [0.4, 0.5) is 5.69 Å². The molecule has 2 rings (SSSR count). The summed E-state index contributed by atoms with van der Waals surface area (Å²) in [5.74, 6) is 0.818. The third kappa shape index (κ3) is 5.84. The molecule has 0 unspecified atom stereocenters. The van der Waals surface area contributed by atoms with Crippen LogP contribution in [0.25, 0.3) is 0 Å². The molecule has 0 spiro atoms. The highest BCUT2D eigenvalue weighted by atomic mass is 16.5. The number of nitrogens with zero attached hydrogens (tertiary/aromatic N) is 1. The van der Waals surface area contributed by atoms with E-state index in [1.54, 1.807) is 26.3 Å². The number of carbonyl (C=O) groups is 1. The summed E-state index contributed by atoms with van der Waals surface area (Å²) in [7, 11) is 1.57. The Morgan fingerprint density at radius 2 is 1.96 bits per heavy atom. The first kappa shape index (κ1) is 18.3. The quantitative estimate of drug-likeness (QED) is 0.429. The zero-order valence-corrected chi connectivity index (χ0v) is 14.4. The normalized spacial score (nSPS) is 10.5. The van der Waals surface area contributed by atoms with Gasteiger partial charge in [-0.15, -0.1) is 0 Å².